The van der Waals surface area contributed by atoms with E-state index < -0.39 is 0 Å². The first-order valence-electron chi connectivity index (χ1n) is 8.50. The molecule has 0 spiro atoms. The number of benzene rings is 1. The minimum Gasteiger partial charge on any atom is -0.493 e. The van der Waals surface area contributed by atoms with E-state index in [0.29, 0.717) is 12.5 Å². The minimum absolute atomic E-state index is 0.0238. The van der Waals surface area contributed by atoms with Crippen LogP contribution in [0.5, 0.6) is 5.75 Å². The average Bonchev–Trinajstić information content (AvgIpc) is 2.55. The summed E-state index contributed by atoms with van der Waals surface area (Å²) in [4.78, 5) is 0. The third kappa shape index (κ3) is 4.33. The van der Waals surface area contributed by atoms with Crippen LogP contribution in [-0.4, -0.2) is 19.4 Å². The molecule has 1 aromatic rings. The van der Waals surface area contributed by atoms with E-state index in [2.05, 4.69) is 26.0 Å². The molecule has 2 rings (SSSR count). The maximum absolute atomic E-state index is 7.77. The molecule has 0 aromatic heterocycles. The lowest BCUT2D eigenvalue weighted by molar-refractivity contribution is 0.208. The minimum atomic E-state index is -0.121. The smallest absolute Gasteiger partial charge is 0.119 e. The fourth-order valence-corrected chi connectivity index (χ4v) is 3.27. The highest BCUT2D eigenvalue weighted by atomic mass is 16.5. The molecule has 3 N–H and O–H groups in total. The van der Waals surface area contributed by atoms with Gasteiger partial charge in [0.05, 0.1) is 6.61 Å². The molecule has 3 heteroatoms. The van der Waals surface area contributed by atoms with Gasteiger partial charge in [0.2, 0.25) is 0 Å². The molecule has 1 unspecified atom stereocenters. The van der Waals surface area contributed by atoms with Crippen LogP contribution < -0.4 is 10.5 Å². The topological polar surface area (TPSA) is 59.1 Å². The van der Waals surface area contributed by atoms with Gasteiger partial charge in [0.15, 0.2) is 0 Å². The number of rotatable bonds is 7. The highest BCUT2D eigenvalue weighted by Crippen LogP contribution is 2.34. The van der Waals surface area contributed by atoms with E-state index in [1.807, 2.05) is 12.1 Å². The average molecular weight is 302 g/mol. The molecule has 0 saturated heterocycles. The molecule has 1 aliphatic carbocycles. The van der Waals surface area contributed by atoms with E-state index >= 15 is 0 Å². The lowest BCUT2D eigenvalue weighted by atomic mass is 9.75. The van der Waals surface area contributed by atoms with Crippen LogP contribution in [0.2, 0.25) is 0 Å². The van der Waals surface area contributed by atoms with Gasteiger partial charge >= 0.3 is 0 Å². The lowest BCUT2D eigenvalue weighted by Crippen LogP contribution is -2.31. The highest BCUT2D eigenvalue weighted by Gasteiger charge is 2.28. The van der Waals surface area contributed by atoms with Gasteiger partial charge in [0, 0.05) is 12.1 Å². The zero-order chi connectivity index (χ0) is 16.0. The molecule has 0 bridgehead atoms. The van der Waals surface area contributed by atoms with Crippen LogP contribution in [0, 0.1) is 16.7 Å². The van der Waals surface area contributed by atoms with E-state index in [1.165, 1.54) is 38.3 Å². The maximum atomic E-state index is 7.77. The highest BCUT2D eigenvalue weighted by molar-refractivity contribution is 5.66. The molecule has 0 amide bonds. The van der Waals surface area contributed by atoms with Crippen LogP contribution in [0.1, 0.15) is 57.4 Å². The fraction of sp³-hybridized carbons (Fsp3) is 0.632. The van der Waals surface area contributed by atoms with Gasteiger partial charge in [-0.1, -0.05) is 45.2 Å². The van der Waals surface area contributed by atoms with Crippen molar-refractivity contribution in [2.24, 2.45) is 17.1 Å². The summed E-state index contributed by atoms with van der Waals surface area (Å²) < 4.78 is 6.02. The molecule has 1 aliphatic rings. The Morgan fingerprint density at radius 3 is 2.68 bits per heavy atom. The quantitative estimate of drug-likeness (QED) is 0.735. The Hall–Kier alpha value is -1.35. The summed E-state index contributed by atoms with van der Waals surface area (Å²) in [7, 11) is 0. The Morgan fingerprint density at radius 1 is 1.32 bits per heavy atom. The Labute approximate surface area is 134 Å². The van der Waals surface area contributed by atoms with Crippen molar-refractivity contribution in [1.82, 2.24) is 0 Å². The van der Waals surface area contributed by atoms with Gasteiger partial charge in [-0.25, -0.2) is 0 Å². The van der Waals surface area contributed by atoms with Crippen LogP contribution in [0.4, 0.5) is 0 Å². The van der Waals surface area contributed by atoms with Crippen molar-refractivity contribution in [1.29, 1.82) is 5.41 Å². The van der Waals surface area contributed by atoms with Crippen molar-refractivity contribution in [2.75, 3.05) is 13.2 Å². The van der Waals surface area contributed by atoms with Crippen molar-refractivity contribution in [3.8, 4) is 5.75 Å². The summed E-state index contributed by atoms with van der Waals surface area (Å²) in [6, 6.07) is 8.19. The number of ether oxygens (including phenoxy) is 1. The standard InChI is InChI=1S/C19H30N2O/c1-19(2,14-21)18(12-20)16-9-6-10-17(11-16)22-13-15-7-4-3-5-8-15/h6,9-12,15,18,20H,3-5,7-8,13-14,21H2,1-2H3. The van der Waals surface area contributed by atoms with Crippen LogP contribution >= 0.6 is 0 Å². The monoisotopic (exact) mass is 302 g/mol. The fourth-order valence-electron chi connectivity index (χ4n) is 3.27. The predicted molar refractivity (Wildman–Crippen MR) is 92.9 cm³/mol. The SMILES string of the molecule is CC(C)(CN)C(C=N)c1cccc(OCC2CCCCC2)c1. The van der Waals surface area contributed by atoms with E-state index in [4.69, 9.17) is 15.9 Å². The molecule has 1 atom stereocenters. The molecule has 122 valence electrons. The molecule has 3 nitrogen and oxygen atoms in total. The van der Waals surface area contributed by atoms with Crippen molar-refractivity contribution in [3.05, 3.63) is 29.8 Å². The second kappa shape index (κ2) is 7.77. The molecule has 0 heterocycles. The molecule has 22 heavy (non-hydrogen) atoms. The molecule has 1 aromatic carbocycles. The van der Waals surface area contributed by atoms with Gasteiger partial charge in [-0.2, -0.15) is 0 Å². The number of nitrogens with one attached hydrogen (secondary N) is 1. The summed E-state index contributed by atoms with van der Waals surface area (Å²) in [5.41, 5.74) is 6.88. The normalized spacial score (nSPS) is 18.0. The van der Waals surface area contributed by atoms with Gasteiger partial charge in [-0.3, -0.25) is 0 Å². The Balaban J connectivity index is 2.03. The van der Waals surface area contributed by atoms with Crippen LogP contribution in [0.25, 0.3) is 0 Å². The summed E-state index contributed by atoms with van der Waals surface area (Å²) in [6.45, 7) is 5.59. The summed E-state index contributed by atoms with van der Waals surface area (Å²) in [6.07, 6.45) is 8.16. The second-order valence-electron chi connectivity index (χ2n) is 7.22. The first-order chi connectivity index (χ1) is 10.6. The van der Waals surface area contributed by atoms with Gasteiger partial charge < -0.3 is 15.9 Å². The van der Waals surface area contributed by atoms with Crippen molar-refractivity contribution >= 4 is 6.21 Å². The second-order valence-corrected chi connectivity index (χ2v) is 7.22. The van der Waals surface area contributed by atoms with Crippen molar-refractivity contribution in [2.45, 2.75) is 51.9 Å². The molecule has 1 fully saturated rings. The molecule has 0 aliphatic heterocycles. The first kappa shape index (κ1) is 17.0. The van der Waals surface area contributed by atoms with Gasteiger partial charge in [-0.15, -0.1) is 0 Å². The van der Waals surface area contributed by atoms with Crippen LogP contribution in [-0.2, 0) is 0 Å². The number of hydrogen-bond donors (Lipinski definition) is 2. The van der Waals surface area contributed by atoms with Crippen LogP contribution in [0.15, 0.2) is 24.3 Å². The van der Waals surface area contributed by atoms with E-state index in [9.17, 15) is 0 Å². The summed E-state index contributed by atoms with van der Waals surface area (Å²) >= 11 is 0. The van der Waals surface area contributed by atoms with E-state index in [-0.39, 0.29) is 11.3 Å². The third-order valence-electron chi connectivity index (χ3n) is 4.96. The molecule has 0 radical (unpaired) electrons. The predicted octanol–water partition coefficient (Wildman–Crippen LogP) is 4.36. The zero-order valence-corrected chi connectivity index (χ0v) is 14.0. The molecular weight excluding hydrogens is 272 g/mol. The van der Waals surface area contributed by atoms with E-state index in [1.54, 1.807) is 0 Å². The van der Waals surface area contributed by atoms with Gasteiger partial charge in [0.1, 0.15) is 5.75 Å². The molecule has 1 saturated carbocycles. The molecular formula is C19H30N2O. The summed E-state index contributed by atoms with van der Waals surface area (Å²) in [5, 5.41) is 7.77. The Bertz CT molecular complexity index is 478. The van der Waals surface area contributed by atoms with Crippen molar-refractivity contribution in [3.63, 3.8) is 0 Å². The first-order valence-corrected chi connectivity index (χ1v) is 8.50. The number of hydrogen-bond acceptors (Lipinski definition) is 3. The van der Waals surface area contributed by atoms with Crippen LogP contribution in [0.3, 0.4) is 0 Å². The Morgan fingerprint density at radius 2 is 2.05 bits per heavy atom. The summed E-state index contributed by atoms with van der Waals surface area (Å²) in [5.74, 6) is 1.65. The largest absolute Gasteiger partial charge is 0.493 e. The van der Waals surface area contributed by atoms with Crippen molar-refractivity contribution < 1.29 is 4.74 Å². The maximum Gasteiger partial charge on any atom is 0.119 e. The number of nitrogens with two attached hydrogens (primary N) is 1. The zero-order valence-electron chi connectivity index (χ0n) is 14.0. The van der Waals surface area contributed by atoms with Gasteiger partial charge in [0.25, 0.3) is 0 Å². The Kier molecular flexibility index (Phi) is 6.01. The lowest BCUT2D eigenvalue weighted by Gasteiger charge is -2.30. The van der Waals surface area contributed by atoms with Gasteiger partial charge in [-0.05, 0) is 48.4 Å². The third-order valence-corrected chi connectivity index (χ3v) is 4.96. The van der Waals surface area contributed by atoms with E-state index in [0.717, 1.165) is 17.9 Å².